The molecule has 5 aromatic carbocycles. The minimum Gasteiger partial charge on any atom is -0.490 e. The monoisotopic (exact) mass is 1170 g/mol. The minimum atomic E-state index is -0.920. The maximum atomic E-state index is 11.4. The van der Waals surface area contributed by atoms with Gasteiger partial charge in [-0.15, -0.1) is 0 Å². The average molecular weight is 1170 g/mol. The highest BCUT2D eigenvalue weighted by Crippen LogP contribution is 2.35. The van der Waals surface area contributed by atoms with Gasteiger partial charge in [-0.2, -0.15) is 0 Å². The number of hydrogen-bond acceptors (Lipinski definition) is 17. The van der Waals surface area contributed by atoms with Crippen LogP contribution in [0.2, 0.25) is 0 Å². The first-order valence-electron chi connectivity index (χ1n) is 26.1. The van der Waals surface area contributed by atoms with Gasteiger partial charge >= 0.3 is 29.8 Å². The number of carboxylic acid groups (broad SMARTS) is 1. The van der Waals surface area contributed by atoms with Crippen molar-refractivity contribution >= 4 is 58.1 Å². The van der Waals surface area contributed by atoms with Crippen LogP contribution < -0.4 is 23.7 Å². The highest BCUT2D eigenvalue weighted by Gasteiger charge is 2.29. The number of aliphatic hydroxyl groups excluding tert-OH is 2. The van der Waals surface area contributed by atoms with E-state index < -0.39 is 17.9 Å². The van der Waals surface area contributed by atoms with Crippen molar-refractivity contribution in [1.29, 1.82) is 0 Å². The van der Waals surface area contributed by atoms with E-state index in [1.54, 1.807) is 91.0 Å². The maximum Gasteiger partial charge on any atom is 0.337 e. The van der Waals surface area contributed by atoms with E-state index in [1.165, 1.54) is 28.4 Å². The number of carbonyl (C=O) groups is 6. The number of aldehydes is 1. The number of carboxylic acids is 1. The standard InChI is InChI=1S/C13H16O4.C13H14O3.C12H14O4.C12H12O4.C11H11BrO3/c1-16-13(15)10-3-2-9(6-7-14)12(8-10)17-11-4-5-11;1-3-9-4-5-10(13(14)15-2)8-12(9)16-11-6-7-11;2*1-15-12(14)8-2-3-9(7-13)11(6-8)16-10-4-5-10;12-6-8-2-1-7(11(13)14)5-10(8)15-9-3-4-9/h2-3,8,11,14H,4-7H2,1H3;3-5,8,11H,1,6-7H2,2H3;2-3,6,10,13H,4-5,7H2,1H3;2-3,6-7,10H,4-5H2,1H3;1-2,5,9H,3-4,6H2,(H,13,14). The van der Waals surface area contributed by atoms with Crippen LogP contribution in [0.3, 0.4) is 0 Å². The van der Waals surface area contributed by atoms with Crippen LogP contribution >= 0.6 is 15.9 Å². The average Bonchev–Trinajstić information content (AvgIpc) is 4.25. The topological polar surface area (TPSA) is 246 Å². The SMILES string of the molecule is C=Cc1ccc(C(=O)OC)cc1OC1CC1.COC(=O)c1ccc(C=O)c(OC2CC2)c1.COC(=O)c1ccc(CCO)c(OC2CC2)c1.COC(=O)c1ccc(CO)c(OC2CC2)c1.O=C(O)c1ccc(CBr)c(OC2CC2)c1. The van der Waals surface area contributed by atoms with E-state index in [9.17, 15) is 28.8 Å². The highest BCUT2D eigenvalue weighted by atomic mass is 79.9. The molecule has 426 valence electrons. The number of esters is 4. The molecule has 10 rings (SSSR count). The molecule has 0 unspecified atom stereocenters. The lowest BCUT2D eigenvalue weighted by Crippen LogP contribution is -2.06. The third-order valence-corrected chi connectivity index (χ3v) is 12.9. The largest absolute Gasteiger partial charge is 0.490 e. The predicted molar refractivity (Wildman–Crippen MR) is 298 cm³/mol. The van der Waals surface area contributed by atoms with Crippen LogP contribution in [0.5, 0.6) is 28.7 Å². The van der Waals surface area contributed by atoms with Gasteiger partial charge < -0.3 is 58.0 Å². The van der Waals surface area contributed by atoms with Crippen LogP contribution in [0.4, 0.5) is 0 Å². The summed E-state index contributed by atoms with van der Waals surface area (Å²) in [5.41, 5.74) is 6.06. The van der Waals surface area contributed by atoms with E-state index in [-0.39, 0.29) is 55.1 Å². The van der Waals surface area contributed by atoms with Gasteiger partial charge in [0.25, 0.3) is 0 Å². The van der Waals surface area contributed by atoms with Crippen molar-refractivity contribution in [3.63, 3.8) is 0 Å². The summed E-state index contributed by atoms with van der Waals surface area (Å²) in [6.45, 7) is 3.69. The van der Waals surface area contributed by atoms with Crippen molar-refractivity contribution in [2.45, 2.75) is 113 Å². The van der Waals surface area contributed by atoms with Crippen LogP contribution in [0, 0.1) is 0 Å². The number of methoxy groups -OCH3 is 4. The van der Waals surface area contributed by atoms with Gasteiger partial charge in [-0.3, -0.25) is 4.79 Å². The predicted octanol–water partition coefficient (Wildman–Crippen LogP) is 10.4. The third-order valence-electron chi connectivity index (χ3n) is 12.3. The van der Waals surface area contributed by atoms with Gasteiger partial charge in [0, 0.05) is 28.6 Å². The zero-order valence-corrected chi connectivity index (χ0v) is 46.7. The van der Waals surface area contributed by atoms with E-state index in [0.717, 1.165) is 87.2 Å². The molecule has 0 aliphatic heterocycles. The highest BCUT2D eigenvalue weighted by molar-refractivity contribution is 9.08. The van der Waals surface area contributed by atoms with Crippen molar-refractivity contribution in [3.8, 4) is 28.7 Å². The summed E-state index contributed by atoms with van der Waals surface area (Å²) in [5, 5.41) is 27.6. The Bertz CT molecular complexity index is 2870. The lowest BCUT2D eigenvalue weighted by atomic mass is 10.1. The van der Waals surface area contributed by atoms with Crippen molar-refractivity contribution in [2.24, 2.45) is 0 Å². The second-order valence-electron chi connectivity index (χ2n) is 18.9. The summed E-state index contributed by atoms with van der Waals surface area (Å²) in [6, 6.07) is 25.0. The van der Waals surface area contributed by atoms with E-state index in [0.29, 0.717) is 80.0 Å². The second-order valence-corrected chi connectivity index (χ2v) is 19.5. The molecule has 3 N–H and O–H groups in total. The number of halogens is 1. The Balaban J connectivity index is 0.000000161. The Morgan fingerprint density at radius 1 is 0.475 bits per heavy atom. The Morgan fingerprint density at radius 3 is 1.14 bits per heavy atom. The third kappa shape index (κ3) is 19.6. The Labute approximate surface area is 473 Å². The number of hydrogen-bond donors (Lipinski definition) is 3. The molecule has 80 heavy (non-hydrogen) atoms. The fraction of sp³-hybridized carbons (Fsp3) is 0.377. The van der Waals surface area contributed by atoms with Gasteiger partial charge in [-0.25, -0.2) is 24.0 Å². The molecule has 0 saturated heterocycles. The maximum absolute atomic E-state index is 11.4. The molecule has 19 heteroatoms. The zero-order chi connectivity index (χ0) is 57.7. The lowest BCUT2D eigenvalue weighted by Gasteiger charge is -2.11. The van der Waals surface area contributed by atoms with Crippen LogP contribution in [-0.4, -0.2) is 117 Å². The molecule has 5 aliphatic carbocycles. The van der Waals surface area contributed by atoms with Crippen LogP contribution in [0.15, 0.2) is 97.6 Å². The number of carbonyl (C=O) groups excluding carboxylic acids is 5. The molecule has 5 aromatic rings. The molecule has 0 atom stereocenters. The first-order chi connectivity index (χ1) is 38.7. The summed E-state index contributed by atoms with van der Waals surface area (Å²) in [6.07, 6.45) is 14.7. The van der Waals surface area contributed by atoms with Gasteiger partial charge in [-0.05, 0) is 143 Å². The van der Waals surface area contributed by atoms with Crippen molar-refractivity contribution in [3.05, 3.63) is 153 Å². The molecular weight excluding hydrogens is 1100 g/mol. The Morgan fingerprint density at radius 2 is 0.787 bits per heavy atom. The smallest absolute Gasteiger partial charge is 0.337 e. The van der Waals surface area contributed by atoms with Gasteiger partial charge in [0.05, 0.1) is 98.9 Å². The number of aromatic carboxylic acids is 1. The summed E-state index contributed by atoms with van der Waals surface area (Å²) in [4.78, 5) is 67.0. The fourth-order valence-corrected chi connectivity index (χ4v) is 7.50. The number of rotatable bonds is 21. The van der Waals surface area contributed by atoms with E-state index >= 15 is 0 Å². The number of ether oxygens (including phenoxy) is 9. The number of alkyl halides is 1. The zero-order valence-electron chi connectivity index (χ0n) is 45.2. The Kier molecular flexibility index (Phi) is 23.5. The molecule has 0 heterocycles. The van der Waals surface area contributed by atoms with Crippen LogP contribution in [0.25, 0.3) is 6.08 Å². The molecule has 18 nitrogen and oxygen atoms in total. The van der Waals surface area contributed by atoms with Crippen molar-refractivity contribution in [2.75, 3.05) is 35.0 Å². The minimum absolute atomic E-state index is 0.0681. The molecule has 0 bridgehead atoms. The molecule has 0 amide bonds. The van der Waals surface area contributed by atoms with Crippen molar-refractivity contribution < 1.29 is 86.7 Å². The van der Waals surface area contributed by atoms with E-state index in [2.05, 4.69) is 41.5 Å². The van der Waals surface area contributed by atoms with Gasteiger partial charge in [0.1, 0.15) is 28.7 Å². The summed E-state index contributed by atoms with van der Waals surface area (Å²) in [5.74, 6) is 0.643. The van der Waals surface area contributed by atoms with Crippen LogP contribution in [0.1, 0.15) is 149 Å². The Hall–Kier alpha value is -7.74. The first-order valence-corrected chi connectivity index (χ1v) is 27.2. The number of aliphatic hydroxyl groups is 2. The number of benzene rings is 5. The second kappa shape index (κ2) is 30.6. The van der Waals surface area contributed by atoms with Crippen molar-refractivity contribution in [1.82, 2.24) is 0 Å². The molecular formula is C61H67BrO18. The van der Waals surface area contributed by atoms with Gasteiger partial charge in [0.2, 0.25) is 0 Å². The van der Waals surface area contributed by atoms with E-state index in [4.69, 9.17) is 39.0 Å². The lowest BCUT2D eigenvalue weighted by molar-refractivity contribution is 0.0591. The van der Waals surface area contributed by atoms with E-state index in [1.807, 2.05) is 6.07 Å². The summed E-state index contributed by atoms with van der Waals surface area (Å²) < 4.78 is 46.8. The normalized spacial score (nSPS) is 14.5. The fourth-order valence-electron chi connectivity index (χ4n) is 7.04. The van der Waals surface area contributed by atoms with Gasteiger partial charge in [0.15, 0.2) is 6.29 Å². The van der Waals surface area contributed by atoms with Crippen LogP contribution in [-0.2, 0) is 37.3 Å². The van der Waals surface area contributed by atoms with Gasteiger partial charge in [-0.1, -0.05) is 52.9 Å². The quantitative estimate of drug-likeness (QED) is 0.0267. The first kappa shape index (κ1) is 61.5. The molecule has 5 fully saturated rings. The summed E-state index contributed by atoms with van der Waals surface area (Å²) in [7, 11) is 5.37. The molecule has 5 saturated carbocycles. The molecule has 0 aromatic heterocycles. The molecule has 5 aliphatic rings. The summed E-state index contributed by atoms with van der Waals surface area (Å²) >= 11 is 3.35. The molecule has 0 radical (unpaired) electrons. The molecule has 0 spiro atoms.